The number of rotatable bonds is 7. The van der Waals surface area contributed by atoms with Crippen LogP contribution in [0, 0.1) is 20.8 Å². The molecule has 0 spiro atoms. The molecule has 0 aliphatic carbocycles. The normalized spacial score (nSPS) is 11.7. The molecule has 0 bridgehead atoms. The maximum Gasteiger partial charge on any atom is 0.258 e. The van der Waals surface area contributed by atoms with Crippen LogP contribution >= 0.6 is 11.6 Å². The molecule has 4 nitrogen and oxygen atoms in total. The van der Waals surface area contributed by atoms with E-state index in [1.165, 1.54) is 5.56 Å². The van der Waals surface area contributed by atoms with Crippen LogP contribution in [0.5, 0.6) is 11.5 Å². The molecule has 0 saturated carbocycles. The number of hydrogen-bond acceptors (Lipinski definition) is 3. The van der Waals surface area contributed by atoms with Crippen LogP contribution in [0.25, 0.3) is 0 Å². The van der Waals surface area contributed by atoms with E-state index in [0.29, 0.717) is 12.4 Å². The lowest BCUT2D eigenvalue weighted by Crippen LogP contribution is -2.39. The van der Waals surface area contributed by atoms with Gasteiger partial charge in [-0.25, -0.2) is 0 Å². The first kappa shape index (κ1) is 19.1. The largest absolute Gasteiger partial charge is 0.491 e. The van der Waals surface area contributed by atoms with Crippen LogP contribution in [0.1, 0.15) is 23.6 Å². The van der Waals surface area contributed by atoms with Gasteiger partial charge in [0, 0.05) is 5.02 Å². The predicted octanol–water partition coefficient (Wildman–Crippen LogP) is 4.23. The van der Waals surface area contributed by atoms with E-state index in [-0.39, 0.29) is 18.6 Å². The Labute approximate surface area is 154 Å². The minimum absolute atomic E-state index is 0.0462. The fraction of sp³-hybridized carbons (Fsp3) is 0.350. The molecule has 0 aromatic heterocycles. The quantitative estimate of drug-likeness (QED) is 0.802. The zero-order valence-corrected chi connectivity index (χ0v) is 15.8. The topological polar surface area (TPSA) is 47.6 Å². The van der Waals surface area contributed by atoms with Crippen molar-refractivity contribution in [2.24, 2.45) is 0 Å². The lowest BCUT2D eigenvalue weighted by atomic mass is 10.1. The smallest absolute Gasteiger partial charge is 0.258 e. The molecule has 0 fully saturated rings. The molecule has 0 aliphatic rings. The second-order valence-electron chi connectivity index (χ2n) is 6.25. The zero-order chi connectivity index (χ0) is 18.4. The lowest BCUT2D eigenvalue weighted by Gasteiger charge is -2.16. The van der Waals surface area contributed by atoms with E-state index < -0.39 is 0 Å². The molecule has 2 rings (SSSR count). The molecule has 0 aliphatic heterocycles. The van der Waals surface area contributed by atoms with Gasteiger partial charge in [-0.05, 0) is 63.1 Å². The van der Waals surface area contributed by atoms with Crippen molar-refractivity contribution < 1.29 is 14.3 Å². The first-order chi connectivity index (χ1) is 11.8. The summed E-state index contributed by atoms with van der Waals surface area (Å²) in [5.74, 6) is 1.23. The summed E-state index contributed by atoms with van der Waals surface area (Å²) >= 11 is 6.13. The number of aryl methyl sites for hydroxylation is 3. The lowest BCUT2D eigenvalue weighted by molar-refractivity contribution is -0.123. The second kappa shape index (κ2) is 8.77. The third-order valence-corrected chi connectivity index (χ3v) is 4.30. The summed E-state index contributed by atoms with van der Waals surface area (Å²) in [5, 5.41) is 3.58. The van der Waals surface area contributed by atoms with Crippen molar-refractivity contribution in [1.29, 1.82) is 0 Å². The first-order valence-electron chi connectivity index (χ1n) is 8.23. The van der Waals surface area contributed by atoms with Gasteiger partial charge < -0.3 is 14.8 Å². The van der Waals surface area contributed by atoms with Crippen LogP contribution in [0.15, 0.2) is 36.4 Å². The Kier molecular flexibility index (Phi) is 6.71. The predicted molar refractivity (Wildman–Crippen MR) is 101 cm³/mol. The fourth-order valence-electron chi connectivity index (χ4n) is 2.35. The van der Waals surface area contributed by atoms with E-state index in [4.69, 9.17) is 21.1 Å². The minimum Gasteiger partial charge on any atom is -0.491 e. The van der Waals surface area contributed by atoms with Crippen LogP contribution in [-0.4, -0.2) is 25.2 Å². The highest BCUT2D eigenvalue weighted by molar-refractivity contribution is 6.32. The number of halogens is 1. The Morgan fingerprint density at radius 1 is 1.04 bits per heavy atom. The van der Waals surface area contributed by atoms with Gasteiger partial charge in [-0.2, -0.15) is 0 Å². The van der Waals surface area contributed by atoms with Crippen LogP contribution in [0.4, 0.5) is 0 Å². The zero-order valence-electron chi connectivity index (χ0n) is 15.1. The maximum absolute atomic E-state index is 12.0. The summed E-state index contributed by atoms with van der Waals surface area (Å²) in [5.41, 5.74) is 3.03. The van der Waals surface area contributed by atoms with Crippen LogP contribution < -0.4 is 14.8 Å². The van der Waals surface area contributed by atoms with Gasteiger partial charge in [-0.15, -0.1) is 0 Å². The highest BCUT2D eigenvalue weighted by Gasteiger charge is 2.10. The van der Waals surface area contributed by atoms with E-state index >= 15 is 0 Å². The highest BCUT2D eigenvalue weighted by atomic mass is 35.5. The molecule has 1 atom stereocenters. The van der Waals surface area contributed by atoms with E-state index in [2.05, 4.69) is 5.32 Å². The van der Waals surface area contributed by atoms with Gasteiger partial charge in [0.25, 0.3) is 5.91 Å². The fourth-order valence-corrected chi connectivity index (χ4v) is 2.46. The van der Waals surface area contributed by atoms with E-state index in [1.54, 1.807) is 0 Å². The molecule has 0 unspecified atom stereocenters. The maximum atomic E-state index is 12.0. The average Bonchev–Trinajstić information content (AvgIpc) is 2.57. The SMILES string of the molecule is Cc1ccc(OC[C@@H](C)NC(=O)COc2cc(C)c(Cl)c(C)c2)cc1. The Morgan fingerprint density at radius 2 is 1.64 bits per heavy atom. The van der Waals surface area contributed by atoms with Crippen molar-refractivity contribution in [3.8, 4) is 11.5 Å². The Bertz CT molecular complexity index is 705. The van der Waals surface area contributed by atoms with Gasteiger partial charge >= 0.3 is 0 Å². The molecule has 2 aromatic rings. The molecule has 0 saturated heterocycles. The van der Waals surface area contributed by atoms with Crippen molar-refractivity contribution in [2.45, 2.75) is 33.7 Å². The molecule has 0 heterocycles. The van der Waals surface area contributed by atoms with Gasteiger partial charge in [-0.3, -0.25) is 4.79 Å². The highest BCUT2D eigenvalue weighted by Crippen LogP contribution is 2.25. The van der Waals surface area contributed by atoms with Crippen molar-refractivity contribution in [2.75, 3.05) is 13.2 Å². The minimum atomic E-state index is -0.190. The monoisotopic (exact) mass is 361 g/mol. The second-order valence-corrected chi connectivity index (χ2v) is 6.63. The van der Waals surface area contributed by atoms with Gasteiger partial charge in [-0.1, -0.05) is 29.3 Å². The molecular formula is C20H24ClNO3. The third kappa shape index (κ3) is 5.98. The molecule has 134 valence electrons. The van der Waals surface area contributed by atoms with Gasteiger partial charge in [0.05, 0.1) is 6.04 Å². The van der Waals surface area contributed by atoms with Gasteiger partial charge in [0.2, 0.25) is 0 Å². The third-order valence-electron chi connectivity index (χ3n) is 3.71. The number of ether oxygens (including phenoxy) is 2. The molecule has 5 heteroatoms. The Balaban J connectivity index is 1.76. The van der Waals surface area contributed by atoms with Crippen LogP contribution in [0.2, 0.25) is 5.02 Å². The van der Waals surface area contributed by atoms with E-state index in [1.807, 2.05) is 64.1 Å². The molecule has 2 aromatic carbocycles. The van der Waals surface area contributed by atoms with Crippen LogP contribution in [-0.2, 0) is 4.79 Å². The summed E-state index contributed by atoms with van der Waals surface area (Å²) in [6.07, 6.45) is 0. The number of carbonyl (C=O) groups excluding carboxylic acids is 1. The van der Waals surface area contributed by atoms with E-state index in [0.717, 1.165) is 21.9 Å². The van der Waals surface area contributed by atoms with Gasteiger partial charge in [0.15, 0.2) is 6.61 Å². The summed E-state index contributed by atoms with van der Waals surface area (Å²) in [6, 6.07) is 11.3. The van der Waals surface area contributed by atoms with Crippen molar-refractivity contribution >= 4 is 17.5 Å². The van der Waals surface area contributed by atoms with Crippen molar-refractivity contribution in [3.05, 3.63) is 58.1 Å². The molecule has 1 amide bonds. The Hall–Kier alpha value is -2.20. The summed E-state index contributed by atoms with van der Waals surface area (Å²) in [4.78, 5) is 12.0. The van der Waals surface area contributed by atoms with Crippen molar-refractivity contribution in [1.82, 2.24) is 5.32 Å². The van der Waals surface area contributed by atoms with E-state index in [9.17, 15) is 4.79 Å². The standard InChI is InChI=1S/C20H24ClNO3/c1-13-5-7-17(8-6-13)24-11-16(4)22-19(23)12-25-18-9-14(2)20(21)15(3)10-18/h5-10,16H,11-12H2,1-4H3,(H,22,23)/t16-/m1/s1. The summed E-state index contributed by atoms with van der Waals surface area (Å²) < 4.78 is 11.2. The summed E-state index contributed by atoms with van der Waals surface area (Å²) in [7, 11) is 0. The summed E-state index contributed by atoms with van der Waals surface area (Å²) in [6.45, 7) is 8.09. The molecule has 0 radical (unpaired) electrons. The molecule has 1 N–H and O–H groups in total. The number of nitrogens with one attached hydrogen (secondary N) is 1. The number of benzene rings is 2. The number of hydrogen-bond donors (Lipinski definition) is 1. The van der Waals surface area contributed by atoms with Crippen molar-refractivity contribution in [3.63, 3.8) is 0 Å². The molecule has 25 heavy (non-hydrogen) atoms. The molecular weight excluding hydrogens is 338 g/mol. The van der Waals surface area contributed by atoms with Crippen LogP contribution in [0.3, 0.4) is 0 Å². The number of carbonyl (C=O) groups is 1. The van der Waals surface area contributed by atoms with Gasteiger partial charge in [0.1, 0.15) is 18.1 Å². The average molecular weight is 362 g/mol. The Morgan fingerprint density at radius 3 is 2.24 bits per heavy atom. The first-order valence-corrected chi connectivity index (χ1v) is 8.61. The number of amides is 1.